The lowest BCUT2D eigenvalue weighted by molar-refractivity contribution is -0.172. The highest BCUT2D eigenvalue weighted by Crippen LogP contribution is 2.39. The molecule has 46 heteroatoms. The Morgan fingerprint density at radius 2 is 0.694 bits per heavy atom. The molecule has 0 aromatic heterocycles. The van der Waals surface area contributed by atoms with Crippen LogP contribution < -0.4 is 76.5 Å². The van der Waals surface area contributed by atoms with Gasteiger partial charge in [0.05, 0.1) is 141 Å². The lowest BCUT2D eigenvalue weighted by Crippen LogP contribution is -2.44. The number of nitrogens with zero attached hydrogens (tertiary/aromatic N) is 8. The molecule has 0 saturated carbocycles. The second-order valence-corrected chi connectivity index (χ2v) is 44.7. The maximum absolute atomic E-state index is 12.9. The first kappa shape index (κ1) is 126. The van der Waals surface area contributed by atoms with Crippen molar-refractivity contribution in [3.8, 4) is 0 Å². The topological polar surface area (TPSA) is 520 Å². The number of imide groups is 1. The molecule has 11 rings (SSSR count). The number of unbranched alkanes of at least 4 members (excludes halogenated alkanes) is 12. The van der Waals surface area contributed by atoms with E-state index in [1.807, 2.05) is 81.1 Å². The Morgan fingerprint density at radius 1 is 0.401 bits per heavy atom. The summed E-state index contributed by atoms with van der Waals surface area (Å²) < 4.78 is 63.2. The van der Waals surface area contributed by atoms with Gasteiger partial charge in [0.1, 0.15) is 0 Å². The fraction of sp³-hybridized carbons (Fsp3) is 0.762. The first-order valence-corrected chi connectivity index (χ1v) is 59.5. The normalized spacial score (nSPS) is 21.1. The summed E-state index contributed by atoms with van der Waals surface area (Å²) in [6.45, 7) is 23.5. The van der Waals surface area contributed by atoms with Crippen LogP contribution in [-0.4, -0.2) is 394 Å². The number of thioether (sulfide) groups is 4. The Morgan fingerprint density at radius 3 is 1.00 bits per heavy atom. The molecule has 12 atom stereocenters. The lowest BCUT2D eigenvalue weighted by Gasteiger charge is -2.21. The standard InChI is InChI=1S/C45H75IN10O7S2.C38H72N10O6S2.C11H8INO4.C6H15N.CH3F/c46-34-13-11-12-33(28-34)43(59)51-18-24-62-26-27-63-25-19-56(29-39(57)49-16-5-9-22-60-20-7-1-3-14-37-41-35(31-64-37)52-44(47)54-41)30-40(58)50-17-6-10-23-61-21-8-2-4-15-38-42-36(32-65-38)53-45(48)55-42;39-13-21-53-23-24-54-22-16-48(25-33(49)42-14-5-9-19-51-17-7-1-3-11-31-35-29(27-55-31)44-37(40)46-35)26-34(50)43-15-6-10-20-52-18-8-2-4-12-32-36-30(28-56-32)45-38(41)47-36;12-8-3-1-2-7(6-8)11(16)17-13-9(14)4-5-10(13)15;1-4-7(5-2)6-3;1-2/h11-13,28,35-38,41-42H,1-10,14-27,29-32H2,(H,49,57)(H,50,58)(H,51,59)(H3,47,52,54)(H3,48,53,55);29-32,35-36H,1-28,39H2,(H,42,49)(H,43,50)(H3,40,44,46)(H3,41,45,47);1-3,6H,4-5H2;4-6H2,1-3H3;1H3/t35-,36-,37-,38-,41-,42-;29-,30-,31-,32-,35-,36-;;;/m00.../s1/i;;;;1D. The SMILES string of the molecule is CCN(CC)CC.NC1=N[C@H]2[C@H](CS[C@H]2CCCCCOCCCCNC(=O)CN(CCOCCOCCNC(=O)c2cccc(I)c2)CC(=O)NCCCCOCCCCC[C@@H]2SC[C@@H]3NC(N)=N[C@@H]32)N1.NCCOCCOCCN(CC(=O)NCCCCOCCCCC[C@@H]1SC[C@@H]2NC(N)=N[C@@H]21)CC(=O)NCCCCOCCCCC[C@@H]1SC[C@@H]2NC(N)=N[C@@H]21.O=C(ON1C(=O)CCC1=O)c1cccc(I)c1.[2H]CF. The average molecular weight is 2370 g/mol. The third-order valence-electron chi connectivity index (χ3n) is 25.7. The number of amides is 7. The number of alkyl halides is 1. The summed E-state index contributed by atoms with van der Waals surface area (Å²) in [4.78, 5) is 127. The Kier molecular flexibility index (Phi) is 67.6. The summed E-state index contributed by atoms with van der Waals surface area (Å²) in [7, 11) is -1.00. The summed E-state index contributed by atoms with van der Waals surface area (Å²) in [6, 6.07) is 17.1. The molecule has 0 bridgehead atoms. The molecule has 0 spiro atoms. The van der Waals surface area contributed by atoms with E-state index in [0.29, 0.717) is 241 Å². The second kappa shape index (κ2) is 78.9. The van der Waals surface area contributed by atoms with Gasteiger partial charge in [0, 0.05) is 175 Å². The zero-order valence-electron chi connectivity index (χ0n) is 88.1. The number of benzene rings is 2. The minimum Gasteiger partial charge on any atom is -0.381 e. The molecule has 5 fully saturated rings. The highest BCUT2D eigenvalue weighted by Gasteiger charge is 2.44. The predicted molar refractivity (Wildman–Crippen MR) is 603 cm³/mol. The van der Waals surface area contributed by atoms with E-state index in [2.05, 4.69) is 139 Å². The highest BCUT2D eigenvalue weighted by molar-refractivity contribution is 14.1. The molecule has 0 unspecified atom stereocenters. The van der Waals surface area contributed by atoms with Crippen molar-refractivity contribution >= 4 is 163 Å². The number of hydrogen-bond acceptors (Lipinski definition) is 37. The summed E-state index contributed by atoms with van der Waals surface area (Å²) in [5.74, 6) is 4.46. The largest absolute Gasteiger partial charge is 0.381 e. The summed E-state index contributed by atoms with van der Waals surface area (Å²) in [5.41, 5.74) is 29.8. The van der Waals surface area contributed by atoms with Crippen LogP contribution in [0.2, 0.25) is 0 Å². The molecule has 2 aromatic rings. The molecule has 19 N–H and O–H groups in total. The van der Waals surface area contributed by atoms with E-state index in [4.69, 9.17) is 72.8 Å². The Hall–Kier alpha value is -6.21. The molecule has 9 aliphatic heterocycles. The van der Waals surface area contributed by atoms with Gasteiger partial charge in [-0.3, -0.25) is 47.8 Å². The lowest BCUT2D eigenvalue weighted by atomic mass is 10.0. The molecule has 7 amide bonds. The quantitative estimate of drug-likeness (QED) is 0.0179. The number of guanidine groups is 4. The highest BCUT2D eigenvalue weighted by atomic mass is 127. The summed E-state index contributed by atoms with van der Waals surface area (Å²) in [6.07, 6.45) is 25.2. The Bertz CT molecular complexity index is 4030. The number of ether oxygens (including phenoxy) is 8. The van der Waals surface area contributed by atoms with E-state index in [0.717, 1.165) is 172 Å². The Labute approximate surface area is 917 Å². The van der Waals surface area contributed by atoms with Crippen molar-refractivity contribution in [3.05, 3.63) is 66.8 Å². The average Bonchev–Trinajstić information content (AvgIpc) is 1.67. The van der Waals surface area contributed by atoms with Gasteiger partial charge in [-0.2, -0.15) is 47.0 Å². The van der Waals surface area contributed by atoms with Crippen molar-refractivity contribution < 1.29 is 86.8 Å². The van der Waals surface area contributed by atoms with Gasteiger partial charge >= 0.3 is 5.97 Å². The molecule has 147 heavy (non-hydrogen) atoms. The number of rotatable bonds is 75. The molecular formula is C101H173FI2N22O17S4. The van der Waals surface area contributed by atoms with E-state index >= 15 is 0 Å². The van der Waals surface area contributed by atoms with E-state index < -0.39 is 24.9 Å². The zero-order valence-corrected chi connectivity index (χ0v) is 94.6. The number of nitrogens with two attached hydrogens (primary N) is 5. The minimum absolute atomic E-state index is 0.0924. The number of hydroxylamine groups is 2. The summed E-state index contributed by atoms with van der Waals surface area (Å²) >= 11 is 12.3. The number of halogens is 3. The van der Waals surface area contributed by atoms with Crippen molar-refractivity contribution in [3.63, 3.8) is 0 Å². The van der Waals surface area contributed by atoms with Gasteiger partial charge in [0.25, 0.3) is 17.7 Å². The van der Waals surface area contributed by atoms with Gasteiger partial charge in [-0.05, 0) is 204 Å². The van der Waals surface area contributed by atoms with Crippen molar-refractivity contribution in [2.75, 3.05) is 234 Å². The van der Waals surface area contributed by atoms with Crippen molar-refractivity contribution in [2.24, 2.45) is 48.6 Å². The predicted octanol–water partition coefficient (Wildman–Crippen LogP) is 7.06. The van der Waals surface area contributed by atoms with Gasteiger partial charge in [-0.25, -0.2) is 24.8 Å². The molecule has 5 saturated heterocycles. The second-order valence-electron chi connectivity index (χ2n) is 37.1. The van der Waals surface area contributed by atoms with Crippen LogP contribution >= 0.6 is 92.2 Å². The molecule has 0 aliphatic carbocycles. The van der Waals surface area contributed by atoms with Crippen molar-refractivity contribution in [1.29, 1.82) is 0 Å². The Balaban J connectivity index is 0.000000321. The van der Waals surface area contributed by atoms with E-state index in [9.17, 15) is 42.7 Å². The number of fused-ring (bicyclic) bond motifs is 4. The molecule has 834 valence electrons. The van der Waals surface area contributed by atoms with Gasteiger partial charge in [-0.15, -0.1) is 5.06 Å². The van der Waals surface area contributed by atoms with Gasteiger partial charge < -0.3 is 124 Å². The van der Waals surface area contributed by atoms with E-state index in [-0.39, 0.29) is 68.6 Å². The first-order chi connectivity index (χ1) is 72.0. The van der Waals surface area contributed by atoms with Crippen LogP contribution in [0.15, 0.2) is 68.5 Å². The number of carbonyl (C=O) groups is 8. The number of hydrogen-bond donors (Lipinski definition) is 14. The smallest absolute Gasteiger partial charge is 0.363 e. The van der Waals surface area contributed by atoms with E-state index in [1.165, 1.54) is 58.2 Å². The van der Waals surface area contributed by atoms with Crippen LogP contribution in [0.5, 0.6) is 0 Å². The molecular weight excluding hydrogens is 2190 g/mol. The molecule has 39 nitrogen and oxygen atoms in total. The van der Waals surface area contributed by atoms with Crippen LogP contribution in [0.25, 0.3) is 0 Å². The maximum Gasteiger partial charge on any atom is 0.363 e. The van der Waals surface area contributed by atoms with Crippen molar-refractivity contribution in [2.45, 2.75) is 257 Å². The summed E-state index contributed by atoms with van der Waals surface area (Å²) in [5, 5.41) is 30.8. The van der Waals surface area contributed by atoms with Crippen molar-refractivity contribution in [1.82, 2.24) is 67.6 Å². The van der Waals surface area contributed by atoms with Gasteiger partial charge in [0.2, 0.25) is 23.6 Å². The van der Waals surface area contributed by atoms with Gasteiger partial charge in [0.15, 0.2) is 23.8 Å². The molecule has 2 aromatic carbocycles. The van der Waals surface area contributed by atoms with Crippen LogP contribution in [0, 0.1) is 7.14 Å². The molecule has 0 radical (unpaired) electrons. The first-order valence-electron chi connectivity index (χ1n) is 53.9. The number of aliphatic imine (C=N–C) groups is 4. The van der Waals surface area contributed by atoms with Crippen LogP contribution in [-0.2, 0) is 71.5 Å². The number of nitrogens with one attached hydrogen (secondary N) is 9. The van der Waals surface area contributed by atoms with Crippen LogP contribution in [0.4, 0.5) is 4.39 Å². The molecule has 9 heterocycles. The number of carbonyl (C=O) groups excluding carboxylic acids is 8. The minimum atomic E-state index is -1.00. The monoisotopic (exact) mass is 2370 g/mol. The van der Waals surface area contributed by atoms with Crippen LogP contribution in [0.1, 0.15) is 210 Å². The van der Waals surface area contributed by atoms with E-state index in [1.54, 1.807) is 24.3 Å². The van der Waals surface area contributed by atoms with Gasteiger partial charge in [-0.1, -0.05) is 84.3 Å². The molecule has 9 aliphatic rings. The third-order valence-corrected chi connectivity index (χ3v) is 33.0. The maximum atomic E-state index is 12.9. The zero-order chi connectivity index (χ0) is 106. The fourth-order valence-corrected chi connectivity index (χ4v) is 24.8. The van der Waals surface area contributed by atoms with Crippen LogP contribution in [0.3, 0.4) is 0 Å². The third kappa shape index (κ3) is 54.0. The fourth-order valence-electron chi connectivity index (χ4n) is 17.7.